The summed E-state index contributed by atoms with van der Waals surface area (Å²) in [6, 6.07) is 6.13. The molecule has 1 aromatic carbocycles. The molecule has 0 spiro atoms. The molecule has 3 nitrogen and oxygen atoms in total. The number of rotatable bonds is 2. The van der Waals surface area contributed by atoms with Crippen molar-refractivity contribution in [1.82, 2.24) is 15.0 Å². The number of aromatic nitrogens is 3. The molecule has 2 rings (SSSR count). The topological polar surface area (TPSA) is 30.7 Å². The van der Waals surface area contributed by atoms with Crippen molar-refractivity contribution in [2.24, 2.45) is 0 Å². The van der Waals surface area contributed by atoms with Gasteiger partial charge in [-0.05, 0) is 37.6 Å². The lowest BCUT2D eigenvalue weighted by Crippen LogP contribution is -1.99. The molecule has 15 heavy (non-hydrogen) atoms. The molecule has 0 aliphatic heterocycles. The zero-order valence-electron chi connectivity index (χ0n) is 8.74. The summed E-state index contributed by atoms with van der Waals surface area (Å²) in [5.41, 5.74) is 2.67. The molecular weight excluding hydrogens is 193 g/mol. The Morgan fingerprint density at radius 3 is 2.40 bits per heavy atom. The van der Waals surface area contributed by atoms with Gasteiger partial charge in [-0.15, -0.1) is 0 Å². The lowest BCUT2D eigenvalue weighted by Gasteiger charge is -1.97. The zero-order chi connectivity index (χ0) is 10.8. The Morgan fingerprint density at radius 2 is 1.87 bits per heavy atom. The normalized spacial score (nSPS) is 10.6. The Kier molecular flexibility index (Phi) is 2.49. The highest BCUT2D eigenvalue weighted by Crippen LogP contribution is 2.09. The first-order chi connectivity index (χ1) is 7.20. The van der Waals surface area contributed by atoms with Gasteiger partial charge >= 0.3 is 0 Å². The smallest absolute Gasteiger partial charge is 0.123 e. The fourth-order valence-corrected chi connectivity index (χ4v) is 1.43. The second kappa shape index (κ2) is 3.81. The summed E-state index contributed by atoms with van der Waals surface area (Å²) in [5, 5.41) is 8.58. The molecule has 0 unspecified atom stereocenters. The van der Waals surface area contributed by atoms with Crippen LogP contribution >= 0.6 is 0 Å². The van der Waals surface area contributed by atoms with Gasteiger partial charge in [0.1, 0.15) is 5.82 Å². The van der Waals surface area contributed by atoms with Crippen LogP contribution in [0.5, 0.6) is 0 Å². The minimum atomic E-state index is -0.252. The summed E-state index contributed by atoms with van der Waals surface area (Å²) in [5.74, 6) is -0.252. The Labute approximate surface area is 87.5 Å². The molecule has 0 radical (unpaired) electrons. The van der Waals surface area contributed by atoms with Crippen molar-refractivity contribution >= 4 is 0 Å². The maximum atomic E-state index is 12.7. The van der Waals surface area contributed by atoms with Crippen LogP contribution in [0.1, 0.15) is 18.3 Å². The summed E-state index contributed by atoms with van der Waals surface area (Å²) >= 11 is 0. The molecule has 78 valence electrons. The van der Waals surface area contributed by atoms with E-state index in [0.29, 0.717) is 0 Å². The molecule has 1 heterocycles. The summed E-state index contributed by atoms with van der Waals surface area (Å²) in [4.78, 5) is 1.54. The molecule has 0 aliphatic carbocycles. The predicted molar refractivity (Wildman–Crippen MR) is 55.4 cm³/mol. The van der Waals surface area contributed by atoms with Crippen molar-refractivity contribution in [2.75, 3.05) is 0 Å². The van der Waals surface area contributed by atoms with Crippen molar-refractivity contribution in [2.45, 2.75) is 20.3 Å². The van der Waals surface area contributed by atoms with Crippen LogP contribution in [-0.2, 0) is 6.42 Å². The second-order valence-corrected chi connectivity index (χ2v) is 3.35. The van der Waals surface area contributed by atoms with Gasteiger partial charge in [0.2, 0.25) is 0 Å². The second-order valence-electron chi connectivity index (χ2n) is 3.35. The molecule has 0 N–H and O–H groups in total. The monoisotopic (exact) mass is 205 g/mol. The van der Waals surface area contributed by atoms with Crippen LogP contribution in [0.2, 0.25) is 0 Å². The first-order valence-corrected chi connectivity index (χ1v) is 4.89. The molecule has 0 atom stereocenters. The van der Waals surface area contributed by atoms with Crippen LogP contribution in [-0.4, -0.2) is 15.0 Å². The van der Waals surface area contributed by atoms with Gasteiger partial charge in [-0.25, -0.2) is 4.39 Å². The maximum absolute atomic E-state index is 12.7. The quantitative estimate of drug-likeness (QED) is 0.753. The highest BCUT2D eigenvalue weighted by atomic mass is 19.1. The highest BCUT2D eigenvalue weighted by molar-refractivity contribution is 5.29. The van der Waals surface area contributed by atoms with E-state index in [1.54, 1.807) is 12.1 Å². The number of aryl methyl sites for hydroxylation is 2. The van der Waals surface area contributed by atoms with Gasteiger partial charge in [0.25, 0.3) is 0 Å². The van der Waals surface area contributed by atoms with Crippen LogP contribution in [0.3, 0.4) is 0 Å². The highest BCUT2D eigenvalue weighted by Gasteiger charge is 2.05. The van der Waals surface area contributed by atoms with Crippen LogP contribution in [0.15, 0.2) is 24.3 Å². The van der Waals surface area contributed by atoms with E-state index in [1.807, 2.05) is 13.8 Å². The van der Waals surface area contributed by atoms with Crippen molar-refractivity contribution < 1.29 is 4.39 Å². The molecule has 0 fully saturated rings. The van der Waals surface area contributed by atoms with Crippen LogP contribution in [0.25, 0.3) is 5.69 Å². The Morgan fingerprint density at radius 1 is 1.20 bits per heavy atom. The van der Waals surface area contributed by atoms with Gasteiger partial charge in [0.15, 0.2) is 0 Å². The van der Waals surface area contributed by atoms with E-state index in [0.717, 1.165) is 23.5 Å². The summed E-state index contributed by atoms with van der Waals surface area (Å²) in [6.07, 6.45) is 0.854. The van der Waals surface area contributed by atoms with Crippen LogP contribution in [0, 0.1) is 12.7 Å². The van der Waals surface area contributed by atoms with E-state index in [9.17, 15) is 4.39 Å². The fourth-order valence-electron chi connectivity index (χ4n) is 1.43. The number of nitrogens with zero attached hydrogens (tertiary/aromatic N) is 3. The molecule has 0 amide bonds. The van der Waals surface area contributed by atoms with Crippen LogP contribution < -0.4 is 0 Å². The molecule has 0 aliphatic rings. The number of hydrogen-bond donors (Lipinski definition) is 0. The molecule has 1 aromatic heterocycles. The summed E-state index contributed by atoms with van der Waals surface area (Å²) < 4.78 is 12.7. The third-order valence-corrected chi connectivity index (χ3v) is 2.27. The van der Waals surface area contributed by atoms with E-state index in [-0.39, 0.29) is 5.82 Å². The molecule has 0 saturated heterocycles. The Balaban J connectivity index is 2.41. The third kappa shape index (κ3) is 1.88. The first kappa shape index (κ1) is 9.83. The van der Waals surface area contributed by atoms with Gasteiger partial charge in [0.05, 0.1) is 17.1 Å². The van der Waals surface area contributed by atoms with Crippen molar-refractivity contribution in [3.8, 4) is 5.69 Å². The van der Waals surface area contributed by atoms with Crippen molar-refractivity contribution in [3.05, 3.63) is 41.5 Å². The van der Waals surface area contributed by atoms with Gasteiger partial charge < -0.3 is 0 Å². The minimum Gasteiger partial charge on any atom is -0.207 e. The number of hydrogen-bond acceptors (Lipinski definition) is 2. The standard InChI is InChI=1S/C11H12FN3/c1-3-11-8(2)13-15(14-11)10-6-4-9(12)5-7-10/h4-7H,3H2,1-2H3. The first-order valence-electron chi connectivity index (χ1n) is 4.89. The van der Waals surface area contributed by atoms with Gasteiger partial charge in [-0.3, -0.25) is 0 Å². The number of halogens is 1. The average Bonchev–Trinajstić information content (AvgIpc) is 2.61. The SMILES string of the molecule is CCc1nn(-c2ccc(F)cc2)nc1C. The fraction of sp³-hybridized carbons (Fsp3) is 0.273. The largest absolute Gasteiger partial charge is 0.207 e. The predicted octanol–water partition coefficient (Wildman–Crippen LogP) is 2.28. The molecular formula is C11H12FN3. The van der Waals surface area contributed by atoms with E-state index >= 15 is 0 Å². The third-order valence-electron chi connectivity index (χ3n) is 2.27. The molecule has 2 aromatic rings. The van der Waals surface area contributed by atoms with E-state index in [1.165, 1.54) is 16.9 Å². The van der Waals surface area contributed by atoms with Gasteiger partial charge in [-0.2, -0.15) is 15.0 Å². The van der Waals surface area contributed by atoms with E-state index in [2.05, 4.69) is 10.2 Å². The van der Waals surface area contributed by atoms with E-state index < -0.39 is 0 Å². The Bertz CT molecular complexity index is 459. The molecule has 0 saturated carbocycles. The number of benzene rings is 1. The van der Waals surface area contributed by atoms with Crippen molar-refractivity contribution in [3.63, 3.8) is 0 Å². The summed E-state index contributed by atoms with van der Waals surface area (Å²) in [6.45, 7) is 3.96. The van der Waals surface area contributed by atoms with Crippen LogP contribution in [0.4, 0.5) is 4.39 Å². The molecule has 4 heteroatoms. The summed E-state index contributed by atoms with van der Waals surface area (Å²) in [7, 11) is 0. The van der Waals surface area contributed by atoms with E-state index in [4.69, 9.17) is 0 Å². The lowest BCUT2D eigenvalue weighted by molar-refractivity contribution is 0.625. The maximum Gasteiger partial charge on any atom is 0.123 e. The average molecular weight is 205 g/mol. The minimum absolute atomic E-state index is 0.252. The Hall–Kier alpha value is -1.71. The van der Waals surface area contributed by atoms with Gasteiger partial charge in [-0.1, -0.05) is 6.92 Å². The van der Waals surface area contributed by atoms with Gasteiger partial charge in [0, 0.05) is 0 Å². The van der Waals surface area contributed by atoms with Crippen molar-refractivity contribution in [1.29, 1.82) is 0 Å². The zero-order valence-corrected chi connectivity index (χ0v) is 8.74. The molecule has 0 bridgehead atoms. The lowest BCUT2D eigenvalue weighted by atomic mass is 10.3.